The third kappa shape index (κ3) is 9.85. The van der Waals surface area contributed by atoms with Crippen LogP contribution in [-0.2, 0) is 4.79 Å². The molecule has 0 radical (unpaired) electrons. The second-order valence-electron chi connectivity index (χ2n) is 3.71. The highest BCUT2D eigenvalue weighted by molar-refractivity contribution is 7.99. The van der Waals surface area contributed by atoms with Crippen molar-refractivity contribution in [3.05, 3.63) is 12.7 Å². The van der Waals surface area contributed by atoms with E-state index < -0.39 is 0 Å². The number of carbonyl (C=O) groups excluding carboxylic acids is 1. The predicted octanol–water partition coefficient (Wildman–Crippen LogP) is 2.85. The molecule has 0 aromatic carbocycles. The zero-order valence-corrected chi connectivity index (χ0v) is 10.7. The molecule has 0 unspecified atom stereocenters. The highest BCUT2D eigenvalue weighted by Gasteiger charge is 1.98. The van der Waals surface area contributed by atoms with Crippen molar-refractivity contribution in [1.82, 2.24) is 5.32 Å². The number of hydrogen-bond acceptors (Lipinski definition) is 2. The van der Waals surface area contributed by atoms with Crippen molar-refractivity contribution in [3.63, 3.8) is 0 Å². The molecule has 0 spiro atoms. The Labute approximate surface area is 97.9 Å². The van der Waals surface area contributed by atoms with Crippen molar-refractivity contribution >= 4 is 17.7 Å². The van der Waals surface area contributed by atoms with E-state index in [9.17, 15) is 4.79 Å². The van der Waals surface area contributed by atoms with Gasteiger partial charge in [-0.2, -0.15) is 11.8 Å². The highest BCUT2D eigenvalue weighted by Crippen LogP contribution is 2.09. The maximum absolute atomic E-state index is 11.1. The van der Waals surface area contributed by atoms with Crippen LogP contribution in [0.2, 0.25) is 0 Å². The number of amides is 1. The van der Waals surface area contributed by atoms with E-state index in [-0.39, 0.29) is 5.91 Å². The summed E-state index contributed by atoms with van der Waals surface area (Å²) in [5.74, 6) is 2.95. The van der Waals surface area contributed by atoms with Crippen molar-refractivity contribution in [3.8, 4) is 0 Å². The lowest BCUT2D eigenvalue weighted by Gasteiger charge is -2.06. The fourth-order valence-electron chi connectivity index (χ4n) is 1.07. The highest BCUT2D eigenvalue weighted by atomic mass is 32.2. The van der Waals surface area contributed by atoms with Gasteiger partial charge in [0.25, 0.3) is 0 Å². The Hall–Kier alpha value is -0.440. The van der Waals surface area contributed by atoms with Crippen LogP contribution in [0.1, 0.15) is 33.1 Å². The van der Waals surface area contributed by atoms with Gasteiger partial charge in [-0.15, -0.1) is 6.58 Å². The Bertz CT molecular complexity index is 182. The van der Waals surface area contributed by atoms with Gasteiger partial charge in [-0.25, -0.2) is 0 Å². The lowest BCUT2D eigenvalue weighted by atomic mass is 10.1. The van der Waals surface area contributed by atoms with Crippen molar-refractivity contribution in [2.24, 2.45) is 5.92 Å². The molecule has 0 saturated carbocycles. The van der Waals surface area contributed by atoms with E-state index >= 15 is 0 Å². The predicted molar refractivity (Wildman–Crippen MR) is 69.2 cm³/mol. The fourth-order valence-corrected chi connectivity index (χ4v) is 2.06. The number of allylic oxidation sites excluding steroid dienone is 1. The van der Waals surface area contributed by atoms with Crippen LogP contribution in [0.5, 0.6) is 0 Å². The quantitative estimate of drug-likeness (QED) is 0.486. The van der Waals surface area contributed by atoms with E-state index in [0.29, 0.717) is 12.3 Å². The average molecular weight is 229 g/mol. The minimum absolute atomic E-state index is 0.178. The van der Waals surface area contributed by atoms with Gasteiger partial charge in [-0.05, 0) is 24.5 Å². The molecule has 1 atom stereocenters. The summed E-state index contributed by atoms with van der Waals surface area (Å²) in [5, 5.41) is 2.91. The van der Waals surface area contributed by atoms with E-state index in [0.717, 1.165) is 24.5 Å². The van der Waals surface area contributed by atoms with Gasteiger partial charge >= 0.3 is 0 Å². The minimum atomic E-state index is 0.178. The number of carbonyl (C=O) groups is 1. The molecule has 0 bridgehead atoms. The van der Waals surface area contributed by atoms with Crippen molar-refractivity contribution in [1.29, 1.82) is 0 Å². The molecular weight excluding hydrogens is 206 g/mol. The molecule has 0 aromatic rings. The second-order valence-corrected chi connectivity index (χ2v) is 4.94. The molecule has 0 rings (SSSR count). The van der Waals surface area contributed by atoms with E-state index in [4.69, 9.17) is 0 Å². The van der Waals surface area contributed by atoms with Crippen LogP contribution in [0, 0.1) is 5.92 Å². The molecule has 0 fully saturated rings. The fraction of sp³-hybridized carbons (Fsp3) is 0.750. The van der Waals surface area contributed by atoms with Gasteiger partial charge in [-0.3, -0.25) is 4.79 Å². The maximum atomic E-state index is 11.1. The topological polar surface area (TPSA) is 29.1 Å². The molecule has 1 amide bonds. The van der Waals surface area contributed by atoms with Gasteiger partial charge in [-0.1, -0.05) is 19.9 Å². The first-order valence-electron chi connectivity index (χ1n) is 5.67. The first kappa shape index (κ1) is 14.6. The van der Waals surface area contributed by atoms with Gasteiger partial charge in [0.1, 0.15) is 0 Å². The van der Waals surface area contributed by atoms with Crippen LogP contribution >= 0.6 is 11.8 Å². The van der Waals surface area contributed by atoms with Crippen LogP contribution in [-0.4, -0.2) is 24.0 Å². The number of thioether (sulfide) groups is 1. The van der Waals surface area contributed by atoms with Crippen LogP contribution in [0.15, 0.2) is 12.7 Å². The SMILES string of the molecule is C=C[C@@H](C)CCSCCNC(=O)CCC. The summed E-state index contributed by atoms with van der Waals surface area (Å²) in [5.41, 5.74) is 0. The van der Waals surface area contributed by atoms with Gasteiger partial charge in [0, 0.05) is 18.7 Å². The van der Waals surface area contributed by atoms with Gasteiger partial charge in [0.2, 0.25) is 5.91 Å². The summed E-state index contributed by atoms with van der Waals surface area (Å²) in [4.78, 5) is 11.1. The summed E-state index contributed by atoms with van der Waals surface area (Å²) < 4.78 is 0. The molecule has 0 aliphatic heterocycles. The van der Waals surface area contributed by atoms with Crippen molar-refractivity contribution in [2.75, 3.05) is 18.1 Å². The summed E-state index contributed by atoms with van der Waals surface area (Å²) in [6.45, 7) is 8.75. The molecule has 1 N–H and O–H groups in total. The van der Waals surface area contributed by atoms with Crippen LogP contribution < -0.4 is 5.32 Å². The second kappa shape index (κ2) is 10.1. The Morgan fingerprint density at radius 2 is 2.27 bits per heavy atom. The van der Waals surface area contributed by atoms with Gasteiger partial charge in [0.05, 0.1) is 0 Å². The largest absolute Gasteiger partial charge is 0.355 e. The lowest BCUT2D eigenvalue weighted by molar-refractivity contribution is -0.120. The zero-order chi connectivity index (χ0) is 11.5. The zero-order valence-electron chi connectivity index (χ0n) is 9.92. The van der Waals surface area contributed by atoms with Gasteiger partial charge in [0.15, 0.2) is 0 Å². The number of hydrogen-bond donors (Lipinski definition) is 1. The summed E-state index contributed by atoms with van der Waals surface area (Å²) in [7, 11) is 0. The summed E-state index contributed by atoms with van der Waals surface area (Å²) >= 11 is 1.89. The van der Waals surface area contributed by atoms with Gasteiger partial charge < -0.3 is 5.32 Å². The number of nitrogens with one attached hydrogen (secondary N) is 1. The lowest BCUT2D eigenvalue weighted by Crippen LogP contribution is -2.25. The van der Waals surface area contributed by atoms with E-state index in [1.54, 1.807) is 0 Å². The molecule has 0 heterocycles. The maximum Gasteiger partial charge on any atom is 0.220 e. The van der Waals surface area contributed by atoms with E-state index in [2.05, 4.69) is 18.8 Å². The van der Waals surface area contributed by atoms with Crippen LogP contribution in [0.4, 0.5) is 0 Å². The normalized spacial score (nSPS) is 12.1. The Kier molecular flexibility index (Phi) is 9.79. The Balaban J connectivity index is 3.17. The van der Waals surface area contributed by atoms with Crippen molar-refractivity contribution < 1.29 is 4.79 Å². The van der Waals surface area contributed by atoms with E-state index in [1.807, 2.05) is 24.8 Å². The third-order valence-corrected chi connectivity index (χ3v) is 3.18. The molecule has 0 aliphatic rings. The Morgan fingerprint density at radius 3 is 2.87 bits per heavy atom. The molecule has 0 saturated heterocycles. The molecule has 15 heavy (non-hydrogen) atoms. The smallest absolute Gasteiger partial charge is 0.220 e. The van der Waals surface area contributed by atoms with Crippen molar-refractivity contribution in [2.45, 2.75) is 33.1 Å². The van der Waals surface area contributed by atoms with Crippen LogP contribution in [0.3, 0.4) is 0 Å². The average Bonchev–Trinajstić information content (AvgIpc) is 2.23. The standard InChI is InChI=1S/C12H23NOS/c1-4-6-12(14)13-8-10-15-9-7-11(3)5-2/h5,11H,2,4,6-10H2,1,3H3,(H,13,14)/t11-/m1/s1. The molecular formula is C12H23NOS. The molecule has 3 heteroatoms. The van der Waals surface area contributed by atoms with E-state index in [1.165, 1.54) is 6.42 Å². The monoisotopic (exact) mass is 229 g/mol. The Morgan fingerprint density at radius 1 is 1.53 bits per heavy atom. The molecule has 88 valence electrons. The third-order valence-electron chi connectivity index (χ3n) is 2.17. The molecule has 0 aliphatic carbocycles. The molecule has 0 aromatic heterocycles. The first-order chi connectivity index (χ1) is 7.20. The summed E-state index contributed by atoms with van der Waals surface area (Å²) in [6.07, 6.45) is 4.74. The minimum Gasteiger partial charge on any atom is -0.355 e. The molecule has 2 nitrogen and oxygen atoms in total. The van der Waals surface area contributed by atoms with Crippen LogP contribution in [0.25, 0.3) is 0 Å². The number of rotatable bonds is 9. The summed E-state index contributed by atoms with van der Waals surface area (Å²) in [6, 6.07) is 0. The first-order valence-corrected chi connectivity index (χ1v) is 6.83.